The Kier molecular flexibility index (Phi) is 10.6. The molecule has 0 saturated heterocycles. The molecule has 0 aliphatic carbocycles. The van der Waals surface area contributed by atoms with Gasteiger partial charge in [0.05, 0.1) is 24.8 Å². The van der Waals surface area contributed by atoms with Gasteiger partial charge >= 0.3 is 0 Å². The Morgan fingerprint density at radius 3 is 2.17 bits per heavy atom. The number of ether oxygens (including phenoxy) is 2. The molecule has 0 radical (unpaired) electrons. The van der Waals surface area contributed by atoms with E-state index in [9.17, 15) is 18.0 Å². The van der Waals surface area contributed by atoms with Crippen LogP contribution in [0.25, 0.3) is 0 Å². The molecule has 3 aromatic carbocycles. The molecule has 0 aliphatic heterocycles. The van der Waals surface area contributed by atoms with Crippen molar-refractivity contribution < 1.29 is 27.5 Å². The average molecular weight is 633 g/mol. The molecule has 1 unspecified atom stereocenters. The lowest BCUT2D eigenvalue weighted by molar-refractivity contribution is -0.139. The van der Waals surface area contributed by atoms with E-state index >= 15 is 0 Å². The lowest BCUT2D eigenvalue weighted by Gasteiger charge is -2.32. The van der Waals surface area contributed by atoms with E-state index in [1.54, 1.807) is 37.3 Å². The quantitative estimate of drug-likeness (QED) is 0.313. The van der Waals surface area contributed by atoms with Gasteiger partial charge in [0, 0.05) is 23.1 Å². The van der Waals surface area contributed by atoms with Gasteiger partial charge in [-0.05, 0) is 62.7 Å². The lowest BCUT2D eigenvalue weighted by atomic mass is 10.1. The van der Waals surface area contributed by atoms with E-state index in [4.69, 9.17) is 9.47 Å². The standard InChI is InChI=1S/C29H34BrN3O6S/c1-20(2)31-29(35)21(3)32(18-22-10-9-11-23(30)16-22)28(34)19-33(40(36,37)25-12-7-6-8-13-25)24-14-15-26(38-4)27(17-24)39-5/h6-17,20-21H,18-19H2,1-5H3,(H,31,35). The minimum atomic E-state index is -4.19. The van der Waals surface area contributed by atoms with Crippen LogP contribution in [0, 0.1) is 0 Å². The summed E-state index contributed by atoms with van der Waals surface area (Å²) in [6.45, 7) is 4.82. The van der Waals surface area contributed by atoms with Crippen LogP contribution in [0.5, 0.6) is 11.5 Å². The van der Waals surface area contributed by atoms with Crippen molar-refractivity contribution in [3.63, 3.8) is 0 Å². The van der Waals surface area contributed by atoms with E-state index in [2.05, 4.69) is 21.2 Å². The first kappa shape index (κ1) is 31.0. The molecule has 40 heavy (non-hydrogen) atoms. The van der Waals surface area contributed by atoms with E-state index in [1.807, 2.05) is 38.1 Å². The van der Waals surface area contributed by atoms with Crippen LogP contribution >= 0.6 is 15.9 Å². The number of amides is 2. The third-order valence-electron chi connectivity index (χ3n) is 6.11. The molecule has 9 nitrogen and oxygen atoms in total. The van der Waals surface area contributed by atoms with Crippen LogP contribution in [0.3, 0.4) is 0 Å². The van der Waals surface area contributed by atoms with E-state index in [0.717, 1.165) is 14.3 Å². The number of carbonyl (C=O) groups is 2. The van der Waals surface area contributed by atoms with Crippen molar-refractivity contribution in [2.24, 2.45) is 0 Å². The third kappa shape index (κ3) is 7.54. The van der Waals surface area contributed by atoms with Crippen LogP contribution in [0.1, 0.15) is 26.3 Å². The van der Waals surface area contributed by atoms with Gasteiger partial charge in [0.25, 0.3) is 10.0 Å². The fourth-order valence-corrected chi connectivity index (χ4v) is 5.92. The van der Waals surface area contributed by atoms with E-state index < -0.39 is 28.5 Å². The minimum absolute atomic E-state index is 0.0155. The van der Waals surface area contributed by atoms with Gasteiger partial charge < -0.3 is 19.7 Å². The highest BCUT2D eigenvalue weighted by molar-refractivity contribution is 9.10. The third-order valence-corrected chi connectivity index (χ3v) is 8.39. The largest absolute Gasteiger partial charge is 0.493 e. The van der Waals surface area contributed by atoms with Gasteiger partial charge in [0.15, 0.2) is 11.5 Å². The number of benzene rings is 3. The van der Waals surface area contributed by atoms with Crippen molar-refractivity contribution in [2.75, 3.05) is 25.1 Å². The number of rotatable bonds is 12. The van der Waals surface area contributed by atoms with Crippen molar-refractivity contribution in [3.8, 4) is 11.5 Å². The van der Waals surface area contributed by atoms with Gasteiger partial charge in [0.1, 0.15) is 12.6 Å². The number of nitrogens with zero attached hydrogens (tertiary/aromatic N) is 2. The van der Waals surface area contributed by atoms with Gasteiger partial charge in [-0.25, -0.2) is 8.42 Å². The van der Waals surface area contributed by atoms with Crippen LogP contribution < -0.4 is 19.1 Å². The predicted octanol–water partition coefficient (Wildman–Crippen LogP) is 4.60. The summed E-state index contributed by atoms with van der Waals surface area (Å²) in [6.07, 6.45) is 0. The van der Waals surface area contributed by atoms with Crippen LogP contribution in [0.15, 0.2) is 82.2 Å². The number of hydrogen-bond donors (Lipinski definition) is 1. The predicted molar refractivity (Wildman–Crippen MR) is 158 cm³/mol. The fraction of sp³-hybridized carbons (Fsp3) is 0.310. The highest BCUT2D eigenvalue weighted by Gasteiger charge is 2.33. The summed E-state index contributed by atoms with van der Waals surface area (Å²) >= 11 is 3.44. The molecule has 0 aliphatic rings. The van der Waals surface area contributed by atoms with Crippen molar-refractivity contribution in [2.45, 2.75) is 44.3 Å². The Hall–Kier alpha value is -3.57. The summed E-state index contributed by atoms with van der Waals surface area (Å²) in [7, 11) is -1.27. The monoisotopic (exact) mass is 631 g/mol. The number of methoxy groups -OCH3 is 2. The van der Waals surface area contributed by atoms with E-state index in [0.29, 0.717) is 11.5 Å². The molecule has 0 saturated carbocycles. The van der Waals surface area contributed by atoms with Crippen molar-refractivity contribution in [3.05, 3.63) is 82.8 Å². The zero-order valence-electron chi connectivity index (χ0n) is 23.1. The molecule has 1 N–H and O–H groups in total. The molecule has 2 amide bonds. The molecule has 3 rings (SSSR count). The number of carbonyl (C=O) groups excluding carboxylic acids is 2. The van der Waals surface area contributed by atoms with E-state index in [1.165, 1.54) is 37.3 Å². The molecular weight excluding hydrogens is 598 g/mol. The molecule has 0 heterocycles. The van der Waals surface area contributed by atoms with Gasteiger partial charge in [-0.1, -0.05) is 46.3 Å². The number of halogens is 1. The molecule has 0 aromatic heterocycles. The molecule has 214 valence electrons. The second kappa shape index (κ2) is 13.7. The SMILES string of the molecule is COc1ccc(N(CC(=O)N(Cc2cccc(Br)c2)C(C)C(=O)NC(C)C)S(=O)(=O)c2ccccc2)cc1OC. The van der Waals surface area contributed by atoms with Crippen LogP contribution in [-0.4, -0.2) is 58.0 Å². The topological polar surface area (TPSA) is 105 Å². The molecule has 1 atom stereocenters. The lowest BCUT2D eigenvalue weighted by Crippen LogP contribution is -2.52. The van der Waals surface area contributed by atoms with Crippen molar-refractivity contribution in [1.82, 2.24) is 10.2 Å². The van der Waals surface area contributed by atoms with Gasteiger partial charge in [0.2, 0.25) is 11.8 Å². The zero-order valence-corrected chi connectivity index (χ0v) is 25.5. The smallest absolute Gasteiger partial charge is 0.264 e. The Bertz CT molecular complexity index is 1430. The van der Waals surface area contributed by atoms with Gasteiger partial charge in [-0.2, -0.15) is 0 Å². The molecular formula is C29H34BrN3O6S. The molecule has 11 heteroatoms. The molecule has 0 fully saturated rings. The summed E-state index contributed by atoms with van der Waals surface area (Å²) in [4.78, 5) is 28.4. The fourth-order valence-electron chi connectivity index (χ4n) is 4.05. The maximum Gasteiger partial charge on any atom is 0.264 e. The number of nitrogens with one attached hydrogen (secondary N) is 1. The number of anilines is 1. The minimum Gasteiger partial charge on any atom is -0.493 e. The van der Waals surface area contributed by atoms with Gasteiger partial charge in [-0.15, -0.1) is 0 Å². The second-order valence-electron chi connectivity index (χ2n) is 9.35. The Labute approximate surface area is 244 Å². The van der Waals surface area contributed by atoms with E-state index in [-0.39, 0.29) is 29.1 Å². The Balaban J connectivity index is 2.08. The summed E-state index contributed by atoms with van der Waals surface area (Å²) < 4.78 is 40.3. The first-order valence-corrected chi connectivity index (χ1v) is 14.8. The van der Waals surface area contributed by atoms with Crippen LogP contribution in [0.4, 0.5) is 5.69 Å². The maximum atomic E-state index is 14.0. The van der Waals surface area contributed by atoms with Crippen molar-refractivity contribution >= 4 is 43.5 Å². The first-order chi connectivity index (χ1) is 19.0. The summed E-state index contributed by atoms with van der Waals surface area (Å²) in [5, 5.41) is 2.84. The molecule has 0 bridgehead atoms. The Morgan fingerprint density at radius 2 is 1.57 bits per heavy atom. The molecule has 0 spiro atoms. The normalized spacial score (nSPS) is 12.0. The Morgan fingerprint density at radius 1 is 0.900 bits per heavy atom. The summed E-state index contributed by atoms with van der Waals surface area (Å²) in [5.74, 6) is -0.191. The number of hydrogen-bond acceptors (Lipinski definition) is 6. The molecule has 3 aromatic rings. The highest BCUT2D eigenvalue weighted by Crippen LogP contribution is 2.34. The van der Waals surface area contributed by atoms with Crippen LogP contribution in [-0.2, 0) is 26.2 Å². The van der Waals surface area contributed by atoms with Gasteiger partial charge in [-0.3, -0.25) is 13.9 Å². The highest BCUT2D eigenvalue weighted by atomic mass is 79.9. The summed E-state index contributed by atoms with van der Waals surface area (Å²) in [6, 6.07) is 18.8. The average Bonchev–Trinajstić information content (AvgIpc) is 2.93. The van der Waals surface area contributed by atoms with Crippen LogP contribution in [0.2, 0.25) is 0 Å². The maximum absolute atomic E-state index is 14.0. The first-order valence-electron chi connectivity index (χ1n) is 12.6. The van der Waals surface area contributed by atoms with Crippen molar-refractivity contribution in [1.29, 1.82) is 0 Å². The summed E-state index contributed by atoms with van der Waals surface area (Å²) in [5.41, 5.74) is 0.979. The zero-order chi connectivity index (χ0) is 29.4. The second-order valence-corrected chi connectivity index (χ2v) is 12.1. The number of sulfonamides is 1.